The number of hydrogen-bond donors (Lipinski definition) is 3. The number of aliphatic hydroxyl groups is 1. The number of ether oxygens (including phenoxy) is 3. The first-order valence-corrected chi connectivity index (χ1v) is 15.0. The molecule has 224 valence electrons. The second-order valence-corrected chi connectivity index (χ2v) is 11.1. The van der Waals surface area contributed by atoms with E-state index in [0.29, 0.717) is 19.1 Å². The number of urea groups is 1. The lowest BCUT2D eigenvalue weighted by atomic mass is 9.99. The summed E-state index contributed by atoms with van der Waals surface area (Å²) in [7, 11) is 1.77. The molecule has 0 saturated carbocycles. The van der Waals surface area contributed by atoms with Gasteiger partial charge in [-0.1, -0.05) is 66.7 Å². The molecule has 2 amide bonds. The molecule has 3 N–H and O–H groups in total. The lowest BCUT2D eigenvalue weighted by Crippen LogP contribution is -2.42. The molecule has 42 heavy (non-hydrogen) atoms. The smallest absolute Gasteiger partial charge is 0.315 e. The van der Waals surface area contributed by atoms with Crippen LogP contribution in [-0.4, -0.2) is 61.5 Å². The predicted octanol–water partition coefficient (Wildman–Crippen LogP) is 5.32. The van der Waals surface area contributed by atoms with E-state index in [1.807, 2.05) is 31.2 Å². The Kier molecular flexibility index (Phi) is 10.6. The Hall–Kier alpha value is -3.27. The fourth-order valence-electron chi connectivity index (χ4n) is 5.91. The van der Waals surface area contributed by atoms with E-state index in [0.717, 1.165) is 65.9 Å². The molecular formula is C34H43N3O5. The van der Waals surface area contributed by atoms with Crippen LogP contribution in [0.4, 0.5) is 4.79 Å². The van der Waals surface area contributed by atoms with Crippen LogP contribution in [0, 0.1) is 0 Å². The second-order valence-electron chi connectivity index (χ2n) is 11.1. The maximum absolute atomic E-state index is 11.8. The highest BCUT2D eigenvalue weighted by molar-refractivity contribution is 5.73. The van der Waals surface area contributed by atoms with Crippen molar-refractivity contribution >= 4 is 6.03 Å². The van der Waals surface area contributed by atoms with Gasteiger partial charge in [0.15, 0.2) is 6.29 Å². The molecule has 3 aromatic rings. The Balaban J connectivity index is 1.31. The van der Waals surface area contributed by atoms with Crippen LogP contribution in [0.1, 0.15) is 60.8 Å². The van der Waals surface area contributed by atoms with Gasteiger partial charge in [0.1, 0.15) is 0 Å². The van der Waals surface area contributed by atoms with Crippen molar-refractivity contribution in [2.45, 2.75) is 63.9 Å². The lowest BCUT2D eigenvalue weighted by molar-refractivity contribution is -0.253. The molecule has 2 saturated heterocycles. The van der Waals surface area contributed by atoms with E-state index in [2.05, 4.69) is 64.1 Å². The first-order chi connectivity index (χ1) is 20.6. The van der Waals surface area contributed by atoms with Crippen molar-refractivity contribution in [2.75, 3.05) is 33.4 Å². The van der Waals surface area contributed by atoms with Crippen molar-refractivity contribution in [3.05, 3.63) is 95.1 Å². The zero-order valence-corrected chi connectivity index (χ0v) is 24.6. The number of nitrogens with one attached hydrogen (secondary N) is 2. The fourth-order valence-corrected chi connectivity index (χ4v) is 5.91. The largest absolute Gasteiger partial charge is 0.392 e. The van der Waals surface area contributed by atoms with E-state index in [-0.39, 0.29) is 24.8 Å². The van der Waals surface area contributed by atoms with Crippen LogP contribution >= 0.6 is 0 Å². The summed E-state index contributed by atoms with van der Waals surface area (Å²) in [5.41, 5.74) is 6.16. The molecule has 8 heteroatoms. The van der Waals surface area contributed by atoms with Gasteiger partial charge in [-0.2, -0.15) is 0 Å². The van der Waals surface area contributed by atoms with E-state index >= 15 is 0 Å². The molecule has 0 radical (unpaired) electrons. The molecule has 0 unspecified atom stereocenters. The van der Waals surface area contributed by atoms with Crippen LogP contribution < -0.4 is 10.6 Å². The Morgan fingerprint density at radius 3 is 2.50 bits per heavy atom. The van der Waals surface area contributed by atoms with E-state index in [1.165, 1.54) is 6.42 Å². The molecule has 0 bridgehead atoms. The predicted molar refractivity (Wildman–Crippen MR) is 163 cm³/mol. The highest BCUT2D eigenvalue weighted by atomic mass is 16.7. The third kappa shape index (κ3) is 7.76. The maximum atomic E-state index is 11.8. The average Bonchev–Trinajstić information content (AvgIpc) is 3.46. The summed E-state index contributed by atoms with van der Waals surface area (Å²) >= 11 is 0. The van der Waals surface area contributed by atoms with Crippen LogP contribution in [0.15, 0.2) is 72.8 Å². The standard InChI is InChI=1S/C34H43N3O5/c1-3-35-34(39)36-20-25-6-4-7-29(18-25)26-13-15-28(16-14-26)33-41-31(21-37-17-5-8-30(37)23-40-2)19-32(42-33)27-11-9-24(22-38)10-12-27/h4,6-7,9-16,18,30-33,38H,3,5,8,17,19-23H2,1-2H3,(H2,35,36,39)/t30-,31+,32-,33-/m0/s1. The van der Waals surface area contributed by atoms with Crippen molar-refractivity contribution in [2.24, 2.45) is 0 Å². The quantitative estimate of drug-likeness (QED) is 0.288. The van der Waals surface area contributed by atoms with Gasteiger partial charge in [0.2, 0.25) is 0 Å². The highest BCUT2D eigenvalue weighted by Crippen LogP contribution is 2.39. The normalized spacial score (nSPS) is 22.6. The third-order valence-corrected chi connectivity index (χ3v) is 8.14. The first kappa shape index (κ1) is 30.2. The van der Waals surface area contributed by atoms with Crippen molar-refractivity contribution < 1.29 is 24.1 Å². The molecule has 2 aliphatic rings. The molecule has 2 heterocycles. The van der Waals surface area contributed by atoms with Gasteiger partial charge in [-0.05, 0) is 60.2 Å². The van der Waals surface area contributed by atoms with Gasteiger partial charge < -0.3 is 30.0 Å². The topological polar surface area (TPSA) is 92.3 Å². The van der Waals surface area contributed by atoms with Crippen LogP contribution in [0.2, 0.25) is 0 Å². The number of likely N-dealkylation sites (tertiary alicyclic amines) is 1. The molecule has 0 aliphatic carbocycles. The minimum atomic E-state index is -0.489. The number of carbonyl (C=O) groups excluding carboxylic acids is 1. The third-order valence-electron chi connectivity index (χ3n) is 8.14. The molecule has 4 atom stereocenters. The van der Waals surface area contributed by atoms with Gasteiger partial charge in [0.25, 0.3) is 0 Å². The van der Waals surface area contributed by atoms with Crippen molar-refractivity contribution in [3.8, 4) is 11.1 Å². The van der Waals surface area contributed by atoms with Crippen LogP contribution in [0.5, 0.6) is 0 Å². The number of benzene rings is 3. The van der Waals surface area contributed by atoms with Gasteiger partial charge in [0, 0.05) is 44.8 Å². The Labute approximate surface area is 249 Å². The summed E-state index contributed by atoms with van der Waals surface area (Å²) in [5.74, 6) is 0. The first-order valence-electron chi connectivity index (χ1n) is 15.0. The molecule has 2 fully saturated rings. The average molecular weight is 574 g/mol. The van der Waals surface area contributed by atoms with Gasteiger partial charge in [-0.15, -0.1) is 0 Å². The minimum absolute atomic E-state index is 0.0116. The molecule has 0 aromatic heterocycles. The van der Waals surface area contributed by atoms with Crippen LogP contribution in [-0.2, 0) is 27.4 Å². The molecule has 2 aliphatic heterocycles. The number of aliphatic hydroxyl groups excluding tert-OH is 1. The lowest BCUT2D eigenvalue weighted by Gasteiger charge is -2.38. The zero-order chi connectivity index (χ0) is 29.3. The van der Waals surface area contributed by atoms with Crippen molar-refractivity contribution in [3.63, 3.8) is 0 Å². The summed E-state index contributed by atoms with van der Waals surface area (Å²) in [6.45, 7) is 5.62. The molecule has 3 aromatic carbocycles. The van der Waals surface area contributed by atoms with Gasteiger partial charge >= 0.3 is 6.03 Å². The molecule has 5 rings (SSSR count). The summed E-state index contributed by atoms with van der Waals surface area (Å²) in [6.07, 6.45) is 2.50. The number of carbonyl (C=O) groups is 1. The Morgan fingerprint density at radius 2 is 1.76 bits per heavy atom. The Morgan fingerprint density at radius 1 is 0.976 bits per heavy atom. The van der Waals surface area contributed by atoms with E-state index < -0.39 is 6.29 Å². The minimum Gasteiger partial charge on any atom is -0.392 e. The summed E-state index contributed by atoms with van der Waals surface area (Å²) < 4.78 is 18.7. The van der Waals surface area contributed by atoms with Crippen LogP contribution in [0.25, 0.3) is 11.1 Å². The maximum Gasteiger partial charge on any atom is 0.315 e. The summed E-state index contributed by atoms with van der Waals surface area (Å²) in [6, 6.07) is 24.8. The van der Waals surface area contributed by atoms with Gasteiger partial charge in [-0.25, -0.2) is 4.79 Å². The number of nitrogens with zero attached hydrogens (tertiary/aromatic N) is 1. The van der Waals surface area contributed by atoms with E-state index in [4.69, 9.17) is 14.2 Å². The van der Waals surface area contributed by atoms with Crippen LogP contribution in [0.3, 0.4) is 0 Å². The van der Waals surface area contributed by atoms with Gasteiger partial charge in [0.05, 0.1) is 25.4 Å². The monoisotopic (exact) mass is 573 g/mol. The van der Waals surface area contributed by atoms with E-state index in [1.54, 1.807) is 7.11 Å². The van der Waals surface area contributed by atoms with Crippen molar-refractivity contribution in [1.29, 1.82) is 0 Å². The molecule has 0 spiro atoms. The SMILES string of the molecule is CCNC(=O)NCc1cccc(-c2ccc([C@H]3O[C@@H](CN4CCC[C@H]4COC)C[C@@H](c4ccc(CO)cc4)O3)cc2)c1. The number of amides is 2. The number of hydrogen-bond acceptors (Lipinski definition) is 6. The second kappa shape index (κ2) is 14.8. The zero-order valence-electron chi connectivity index (χ0n) is 24.6. The fraction of sp³-hybridized carbons (Fsp3) is 0.441. The summed E-state index contributed by atoms with van der Waals surface area (Å²) in [4.78, 5) is 14.3. The highest BCUT2D eigenvalue weighted by Gasteiger charge is 2.35. The van der Waals surface area contributed by atoms with Gasteiger partial charge in [-0.3, -0.25) is 4.90 Å². The molecule has 8 nitrogen and oxygen atoms in total. The summed E-state index contributed by atoms with van der Waals surface area (Å²) in [5, 5.41) is 15.1. The molecular weight excluding hydrogens is 530 g/mol. The Bertz CT molecular complexity index is 1280. The van der Waals surface area contributed by atoms with Crippen molar-refractivity contribution in [1.82, 2.24) is 15.5 Å². The number of methoxy groups -OCH3 is 1. The number of rotatable bonds is 11. The van der Waals surface area contributed by atoms with E-state index in [9.17, 15) is 9.90 Å².